The van der Waals surface area contributed by atoms with Crippen molar-refractivity contribution in [3.63, 3.8) is 0 Å². The van der Waals surface area contributed by atoms with Gasteiger partial charge in [-0.2, -0.15) is 0 Å². The summed E-state index contributed by atoms with van der Waals surface area (Å²) >= 11 is 1.24. The molecule has 5 nitrogen and oxygen atoms in total. The van der Waals surface area contributed by atoms with E-state index in [1.165, 1.54) is 11.8 Å². The Labute approximate surface area is 124 Å². The van der Waals surface area contributed by atoms with E-state index in [4.69, 9.17) is 9.84 Å². The number of aliphatic carboxylic acids is 1. The molecule has 0 radical (unpaired) electrons. The molecular weight excluding hydrogens is 276 g/mol. The highest BCUT2D eigenvalue weighted by Crippen LogP contribution is 2.33. The van der Waals surface area contributed by atoms with Crippen LogP contribution in [0.3, 0.4) is 0 Å². The number of carbonyl (C=O) groups is 1. The second-order valence-corrected chi connectivity index (χ2v) is 7.38. The molecule has 20 heavy (non-hydrogen) atoms. The van der Waals surface area contributed by atoms with Gasteiger partial charge in [-0.15, -0.1) is 0 Å². The standard InChI is InChI=1S/C14H24N2O3S/c1-13(2,3)10-7-15-12(20-8-11(17)18)16(10)14(4,5)9-19-6/h7H,8-9H2,1-6H3,(H,17,18). The molecule has 0 spiro atoms. The van der Waals surface area contributed by atoms with Crippen LogP contribution in [-0.2, 0) is 20.5 Å². The van der Waals surface area contributed by atoms with E-state index in [1.54, 1.807) is 7.11 Å². The third-order valence-electron chi connectivity index (χ3n) is 2.93. The zero-order chi connectivity index (χ0) is 15.6. The van der Waals surface area contributed by atoms with Gasteiger partial charge in [0, 0.05) is 24.4 Å². The first-order chi connectivity index (χ1) is 9.09. The van der Waals surface area contributed by atoms with Gasteiger partial charge in [0.05, 0.1) is 17.9 Å². The average molecular weight is 300 g/mol. The van der Waals surface area contributed by atoms with E-state index in [-0.39, 0.29) is 16.7 Å². The molecule has 0 amide bonds. The van der Waals surface area contributed by atoms with Gasteiger partial charge in [0.1, 0.15) is 0 Å². The maximum Gasteiger partial charge on any atom is 0.313 e. The Morgan fingerprint density at radius 2 is 2.00 bits per heavy atom. The number of methoxy groups -OCH3 is 1. The summed E-state index contributed by atoms with van der Waals surface area (Å²) in [4.78, 5) is 15.2. The number of imidazole rings is 1. The maximum atomic E-state index is 10.8. The molecular formula is C14H24N2O3S. The molecule has 114 valence electrons. The normalized spacial score (nSPS) is 12.7. The van der Waals surface area contributed by atoms with Gasteiger partial charge in [0.2, 0.25) is 0 Å². The second kappa shape index (κ2) is 6.18. The van der Waals surface area contributed by atoms with Crippen molar-refractivity contribution in [3.05, 3.63) is 11.9 Å². The van der Waals surface area contributed by atoms with Gasteiger partial charge in [-0.1, -0.05) is 32.5 Å². The first kappa shape index (κ1) is 17.0. The molecule has 1 heterocycles. The molecule has 0 aliphatic carbocycles. The van der Waals surface area contributed by atoms with E-state index in [0.717, 1.165) is 10.9 Å². The van der Waals surface area contributed by atoms with E-state index in [0.29, 0.717) is 6.61 Å². The molecule has 6 heteroatoms. The van der Waals surface area contributed by atoms with Gasteiger partial charge in [-0.05, 0) is 13.8 Å². The smallest absolute Gasteiger partial charge is 0.313 e. The lowest BCUT2D eigenvalue weighted by molar-refractivity contribution is -0.133. The Morgan fingerprint density at radius 3 is 2.45 bits per heavy atom. The van der Waals surface area contributed by atoms with E-state index in [9.17, 15) is 4.79 Å². The van der Waals surface area contributed by atoms with Crippen LogP contribution in [-0.4, -0.2) is 40.1 Å². The quantitative estimate of drug-likeness (QED) is 0.818. The fourth-order valence-electron chi connectivity index (χ4n) is 2.09. The summed E-state index contributed by atoms with van der Waals surface area (Å²) in [7, 11) is 1.67. The van der Waals surface area contributed by atoms with Crippen molar-refractivity contribution in [2.75, 3.05) is 19.5 Å². The van der Waals surface area contributed by atoms with Crippen molar-refractivity contribution < 1.29 is 14.6 Å². The van der Waals surface area contributed by atoms with E-state index < -0.39 is 5.97 Å². The Bertz CT molecular complexity index is 475. The molecule has 1 aromatic heterocycles. The van der Waals surface area contributed by atoms with Crippen molar-refractivity contribution in [2.45, 2.75) is 50.7 Å². The van der Waals surface area contributed by atoms with Crippen LogP contribution >= 0.6 is 11.8 Å². The Balaban J connectivity index is 3.26. The summed E-state index contributed by atoms with van der Waals surface area (Å²) in [6.45, 7) is 11.0. The highest BCUT2D eigenvalue weighted by atomic mass is 32.2. The number of thioether (sulfide) groups is 1. The molecule has 0 unspecified atom stereocenters. The second-order valence-electron chi connectivity index (χ2n) is 6.44. The lowest BCUT2D eigenvalue weighted by Gasteiger charge is -2.33. The number of carboxylic acids is 1. The minimum absolute atomic E-state index is 0.00363. The Kier molecular flexibility index (Phi) is 5.27. The van der Waals surface area contributed by atoms with Gasteiger partial charge in [-0.3, -0.25) is 4.79 Å². The van der Waals surface area contributed by atoms with Gasteiger partial charge in [-0.25, -0.2) is 4.98 Å². The highest BCUT2D eigenvalue weighted by molar-refractivity contribution is 7.99. The van der Waals surface area contributed by atoms with Crippen LogP contribution in [0.15, 0.2) is 11.4 Å². The van der Waals surface area contributed by atoms with Crippen LogP contribution < -0.4 is 0 Å². The zero-order valence-electron chi connectivity index (χ0n) is 13.1. The molecule has 0 bridgehead atoms. The minimum atomic E-state index is -0.841. The largest absolute Gasteiger partial charge is 0.481 e. The fourth-order valence-corrected chi connectivity index (χ4v) is 2.95. The number of carboxylic acid groups (broad SMARTS) is 1. The molecule has 0 saturated carbocycles. The third kappa shape index (κ3) is 3.99. The van der Waals surface area contributed by atoms with Crippen LogP contribution in [0.25, 0.3) is 0 Å². The molecule has 0 atom stereocenters. The SMILES string of the molecule is COCC(C)(C)n1c(C(C)(C)C)cnc1SCC(=O)O. The number of ether oxygens (including phenoxy) is 1. The van der Waals surface area contributed by atoms with E-state index in [2.05, 4.69) is 44.2 Å². The predicted molar refractivity (Wildman–Crippen MR) is 80.5 cm³/mol. The Morgan fingerprint density at radius 1 is 1.40 bits per heavy atom. The molecule has 1 N–H and O–H groups in total. The van der Waals surface area contributed by atoms with Gasteiger partial charge in [0.15, 0.2) is 5.16 Å². The van der Waals surface area contributed by atoms with Crippen LogP contribution in [0.4, 0.5) is 0 Å². The monoisotopic (exact) mass is 300 g/mol. The van der Waals surface area contributed by atoms with Crippen LogP contribution in [0.1, 0.15) is 40.3 Å². The summed E-state index contributed by atoms with van der Waals surface area (Å²) in [5.41, 5.74) is 0.724. The first-order valence-electron chi connectivity index (χ1n) is 6.52. The zero-order valence-corrected chi connectivity index (χ0v) is 13.9. The van der Waals surface area contributed by atoms with Crippen molar-refractivity contribution in [1.82, 2.24) is 9.55 Å². The van der Waals surface area contributed by atoms with Gasteiger partial charge < -0.3 is 14.4 Å². The predicted octanol–water partition coefficient (Wildman–Crippen LogP) is 2.74. The molecule has 0 aliphatic rings. The van der Waals surface area contributed by atoms with E-state index in [1.807, 2.05) is 6.20 Å². The summed E-state index contributed by atoms with van der Waals surface area (Å²) in [5, 5.41) is 9.58. The van der Waals surface area contributed by atoms with Gasteiger partial charge in [0.25, 0.3) is 0 Å². The molecule has 0 fully saturated rings. The molecule has 1 rings (SSSR count). The fraction of sp³-hybridized carbons (Fsp3) is 0.714. The average Bonchev–Trinajstić information content (AvgIpc) is 2.70. The lowest BCUT2D eigenvalue weighted by atomic mass is 9.91. The van der Waals surface area contributed by atoms with Crippen LogP contribution in [0, 0.1) is 0 Å². The van der Waals surface area contributed by atoms with Crippen molar-refractivity contribution >= 4 is 17.7 Å². The molecule has 1 aromatic rings. The topological polar surface area (TPSA) is 64.4 Å². The summed E-state index contributed by atoms with van der Waals surface area (Å²) < 4.78 is 7.41. The van der Waals surface area contributed by atoms with Crippen molar-refractivity contribution in [2.24, 2.45) is 0 Å². The highest BCUT2D eigenvalue weighted by Gasteiger charge is 2.31. The third-order valence-corrected chi connectivity index (χ3v) is 3.86. The number of rotatable bonds is 6. The summed E-state index contributed by atoms with van der Waals surface area (Å²) in [6.07, 6.45) is 1.83. The van der Waals surface area contributed by atoms with Crippen molar-refractivity contribution in [3.8, 4) is 0 Å². The van der Waals surface area contributed by atoms with E-state index >= 15 is 0 Å². The lowest BCUT2D eigenvalue weighted by Crippen LogP contribution is -2.36. The number of aromatic nitrogens is 2. The molecule has 0 aliphatic heterocycles. The Hall–Kier alpha value is -1.01. The van der Waals surface area contributed by atoms with Crippen molar-refractivity contribution in [1.29, 1.82) is 0 Å². The van der Waals surface area contributed by atoms with Gasteiger partial charge >= 0.3 is 5.97 Å². The molecule has 0 aromatic carbocycles. The number of hydrogen-bond donors (Lipinski definition) is 1. The number of hydrogen-bond acceptors (Lipinski definition) is 4. The number of nitrogens with zero attached hydrogens (tertiary/aromatic N) is 2. The minimum Gasteiger partial charge on any atom is -0.481 e. The molecule has 0 saturated heterocycles. The van der Waals surface area contributed by atoms with Crippen LogP contribution in [0.5, 0.6) is 0 Å². The van der Waals surface area contributed by atoms with Crippen LogP contribution in [0.2, 0.25) is 0 Å². The first-order valence-corrected chi connectivity index (χ1v) is 7.50. The summed E-state index contributed by atoms with van der Waals surface area (Å²) in [5.74, 6) is -0.838. The maximum absolute atomic E-state index is 10.8. The summed E-state index contributed by atoms with van der Waals surface area (Å²) in [6, 6.07) is 0.